The van der Waals surface area contributed by atoms with E-state index in [1.807, 2.05) is 0 Å². The predicted octanol–water partition coefficient (Wildman–Crippen LogP) is 3.01. The van der Waals surface area contributed by atoms with Gasteiger partial charge >= 0.3 is 5.97 Å². The van der Waals surface area contributed by atoms with Crippen molar-refractivity contribution in [2.24, 2.45) is 0 Å². The van der Waals surface area contributed by atoms with Crippen LogP contribution in [0.1, 0.15) is 10.4 Å². The monoisotopic (exact) mass is 361 g/mol. The van der Waals surface area contributed by atoms with Crippen LogP contribution in [0.5, 0.6) is 0 Å². The Kier molecular flexibility index (Phi) is 3.93. The Balaban J connectivity index is 2.32. The summed E-state index contributed by atoms with van der Waals surface area (Å²) in [4.78, 5) is 10.7. The average Bonchev–Trinajstić information content (AvgIpc) is 2.82. The molecule has 0 bridgehead atoms. The first kappa shape index (κ1) is 14.0. The van der Waals surface area contributed by atoms with E-state index in [1.165, 1.54) is 5.38 Å². The molecule has 0 aliphatic heterocycles. The molecule has 0 saturated carbocycles. The molecule has 2 rings (SSSR count). The molecule has 0 amide bonds. The topological polar surface area (TPSA) is 83.5 Å². The highest BCUT2D eigenvalue weighted by Crippen LogP contribution is 2.27. The number of hydrogen-bond donors (Lipinski definition) is 2. The molecular formula is C11H8BrNO4S2. The number of aromatic carboxylic acids is 1. The lowest BCUT2D eigenvalue weighted by molar-refractivity contribution is 0.0697. The summed E-state index contributed by atoms with van der Waals surface area (Å²) in [6, 6.07) is 7.89. The maximum atomic E-state index is 12.1. The molecule has 19 heavy (non-hydrogen) atoms. The number of carboxylic acid groups (broad SMARTS) is 1. The van der Waals surface area contributed by atoms with Gasteiger partial charge in [0, 0.05) is 9.85 Å². The van der Waals surface area contributed by atoms with Crippen molar-refractivity contribution in [3.63, 3.8) is 0 Å². The van der Waals surface area contributed by atoms with Crippen molar-refractivity contribution >= 4 is 48.9 Å². The molecular weight excluding hydrogens is 354 g/mol. The van der Waals surface area contributed by atoms with Gasteiger partial charge in [-0.05, 0) is 34.1 Å². The molecule has 100 valence electrons. The van der Waals surface area contributed by atoms with E-state index < -0.39 is 16.0 Å². The van der Waals surface area contributed by atoms with E-state index in [0.717, 1.165) is 17.4 Å². The van der Waals surface area contributed by atoms with Gasteiger partial charge in [-0.3, -0.25) is 4.72 Å². The van der Waals surface area contributed by atoms with Crippen LogP contribution in [-0.2, 0) is 10.0 Å². The lowest BCUT2D eigenvalue weighted by atomic mass is 10.3. The summed E-state index contributed by atoms with van der Waals surface area (Å²) in [6.07, 6.45) is 0. The maximum absolute atomic E-state index is 12.1. The summed E-state index contributed by atoms with van der Waals surface area (Å²) in [7, 11) is -3.77. The molecule has 0 saturated heterocycles. The fraction of sp³-hybridized carbons (Fsp3) is 0. The van der Waals surface area contributed by atoms with Gasteiger partial charge in [0.2, 0.25) is 0 Å². The Labute approximate surface area is 122 Å². The third-order valence-corrected chi connectivity index (χ3v) is 5.70. The molecule has 2 aromatic rings. The molecule has 0 atom stereocenters. The van der Waals surface area contributed by atoms with Crippen molar-refractivity contribution < 1.29 is 18.3 Å². The second-order valence-corrected chi connectivity index (χ2v) is 7.22. The Morgan fingerprint density at radius 2 is 2.00 bits per heavy atom. The highest BCUT2D eigenvalue weighted by atomic mass is 79.9. The second-order valence-electron chi connectivity index (χ2n) is 3.54. The molecule has 1 heterocycles. The van der Waals surface area contributed by atoms with E-state index in [-0.39, 0.29) is 9.77 Å². The SMILES string of the molecule is O=C(O)c1csc(S(=O)(=O)Nc2ccccc2Br)c1. The molecule has 0 unspecified atom stereocenters. The van der Waals surface area contributed by atoms with Crippen LogP contribution in [-0.4, -0.2) is 19.5 Å². The van der Waals surface area contributed by atoms with Crippen molar-refractivity contribution in [3.05, 3.63) is 45.7 Å². The number of hydrogen-bond acceptors (Lipinski definition) is 4. The maximum Gasteiger partial charge on any atom is 0.336 e. The molecule has 0 aliphatic carbocycles. The minimum atomic E-state index is -3.77. The summed E-state index contributed by atoms with van der Waals surface area (Å²) in [5.74, 6) is -1.15. The van der Waals surface area contributed by atoms with E-state index >= 15 is 0 Å². The zero-order valence-electron chi connectivity index (χ0n) is 9.33. The number of sulfonamides is 1. The van der Waals surface area contributed by atoms with Gasteiger partial charge in [-0.15, -0.1) is 11.3 Å². The number of rotatable bonds is 4. The van der Waals surface area contributed by atoms with Gasteiger partial charge in [-0.2, -0.15) is 0 Å². The van der Waals surface area contributed by atoms with E-state index in [1.54, 1.807) is 24.3 Å². The van der Waals surface area contributed by atoms with Crippen LogP contribution in [0, 0.1) is 0 Å². The second kappa shape index (κ2) is 5.32. The van der Waals surface area contributed by atoms with Crippen LogP contribution in [0.3, 0.4) is 0 Å². The molecule has 0 radical (unpaired) electrons. The highest BCUT2D eigenvalue weighted by Gasteiger charge is 2.19. The summed E-state index contributed by atoms with van der Waals surface area (Å²) in [5, 5.41) is 10.1. The van der Waals surface area contributed by atoms with Crippen LogP contribution >= 0.6 is 27.3 Å². The lowest BCUT2D eigenvalue weighted by Gasteiger charge is -2.07. The first-order chi connectivity index (χ1) is 8.90. The van der Waals surface area contributed by atoms with Gasteiger partial charge in [-0.25, -0.2) is 13.2 Å². The van der Waals surface area contributed by atoms with Gasteiger partial charge in [-0.1, -0.05) is 12.1 Å². The fourth-order valence-corrected chi connectivity index (χ4v) is 4.06. The average molecular weight is 362 g/mol. The smallest absolute Gasteiger partial charge is 0.336 e. The first-order valence-corrected chi connectivity index (χ1v) is 8.15. The number of para-hydroxylation sites is 1. The minimum absolute atomic E-state index is 0.0411. The summed E-state index contributed by atoms with van der Waals surface area (Å²) >= 11 is 4.10. The molecule has 0 spiro atoms. The Morgan fingerprint density at radius 1 is 1.32 bits per heavy atom. The van der Waals surface area contributed by atoms with E-state index in [4.69, 9.17) is 5.11 Å². The molecule has 2 N–H and O–H groups in total. The van der Waals surface area contributed by atoms with Crippen molar-refractivity contribution in [2.45, 2.75) is 4.21 Å². The van der Waals surface area contributed by atoms with Gasteiger partial charge in [0.15, 0.2) is 0 Å². The summed E-state index contributed by atoms with van der Waals surface area (Å²) in [6.45, 7) is 0. The van der Waals surface area contributed by atoms with Crippen LogP contribution in [0.2, 0.25) is 0 Å². The van der Waals surface area contributed by atoms with E-state index in [9.17, 15) is 13.2 Å². The standard InChI is InChI=1S/C11H8BrNO4S2/c12-8-3-1-2-4-9(8)13-19(16,17)10-5-7(6-18-10)11(14)15/h1-6,13H,(H,14,15). The van der Waals surface area contributed by atoms with Crippen molar-refractivity contribution in [3.8, 4) is 0 Å². The van der Waals surface area contributed by atoms with E-state index in [0.29, 0.717) is 10.2 Å². The fourth-order valence-electron chi connectivity index (χ4n) is 1.31. The van der Waals surface area contributed by atoms with Gasteiger partial charge in [0.25, 0.3) is 10.0 Å². The van der Waals surface area contributed by atoms with Crippen LogP contribution in [0.15, 0.2) is 44.4 Å². The largest absolute Gasteiger partial charge is 0.478 e. The number of benzene rings is 1. The van der Waals surface area contributed by atoms with Crippen molar-refractivity contribution in [2.75, 3.05) is 4.72 Å². The summed E-state index contributed by atoms with van der Waals surface area (Å²) < 4.78 is 27.1. The van der Waals surface area contributed by atoms with Crippen molar-refractivity contribution in [1.82, 2.24) is 0 Å². The molecule has 1 aromatic carbocycles. The molecule has 0 aliphatic rings. The number of halogens is 1. The highest BCUT2D eigenvalue weighted by molar-refractivity contribution is 9.10. The zero-order valence-corrected chi connectivity index (χ0v) is 12.5. The number of anilines is 1. The summed E-state index contributed by atoms with van der Waals surface area (Å²) in [5.41, 5.74) is 0.352. The third kappa shape index (κ3) is 3.14. The van der Waals surface area contributed by atoms with Gasteiger partial charge in [0.1, 0.15) is 4.21 Å². The Morgan fingerprint density at radius 3 is 2.58 bits per heavy atom. The number of carbonyl (C=O) groups is 1. The quantitative estimate of drug-likeness (QED) is 0.876. The van der Waals surface area contributed by atoms with Gasteiger partial charge in [0.05, 0.1) is 11.3 Å². The minimum Gasteiger partial charge on any atom is -0.478 e. The predicted molar refractivity (Wildman–Crippen MR) is 76.2 cm³/mol. The lowest BCUT2D eigenvalue weighted by Crippen LogP contribution is -2.11. The van der Waals surface area contributed by atoms with Gasteiger partial charge < -0.3 is 5.11 Å². The normalized spacial score (nSPS) is 11.2. The molecule has 5 nitrogen and oxygen atoms in total. The number of carboxylic acids is 1. The van der Waals surface area contributed by atoms with Crippen LogP contribution in [0.25, 0.3) is 0 Å². The number of nitrogens with one attached hydrogen (secondary N) is 1. The van der Waals surface area contributed by atoms with E-state index in [2.05, 4.69) is 20.7 Å². The Bertz CT molecular complexity index is 724. The number of thiophene rings is 1. The molecule has 1 aromatic heterocycles. The molecule has 8 heteroatoms. The Hall–Kier alpha value is -1.38. The van der Waals surface area contributed by atoms with Crippen LogP contribution < -0.4 is 4.72 Å². The van der Waals surface area contributed by atoms with Crippen LogP contribution in [0.4, 0.5) is 5.69 Å². The molecule has 0 fully saturated rings. The third-order valence-electron chi connectivity index (χ3n) is 2.21. The van der Waals surface area contributed by atoms with Crippen molar-refractivity contribution in [1.29, 1.82) is 0 Å². The first-order valence-electron chi connectivity index (χ1n) is 4.99. The zero-order chi connectivity index (χ0) is 14.0.